The van der Waals surface area contributed by atoms with Gasteiger partial charge in [0.15, 0.2) is 6.29 Å². The fourth-order valence-electron chi connectivity index (χ4n) is 2.30. The van der Waals surface area contributed by atoms with Crippen molar-refractivity contribution in [2.45, 2.75) is 6.92 Å². The van der Waals surface area contributed by atoms with Crippen LogP contribution >= 0.6 is 34.3 Å². The van der Waals surface area contributed by atoms with E-state index in [1.165, 1.54) is 22.5 Å². The molecule has 152 valence electrons. The van der Waals surface area contributed by atoms with E-state index in [0.717, 1.165) is 44.1 Å². The Hall–Kier alpha value is -2.58. The van der Waals surface area contributed by atoms with E-state index in [-0.39, 0.29) is 0 Å². The second-order valence-electron chi connectivity index (χ2n) is 5.31. The van der Waals surface area contributed by atoms with Crippen LogP contribution in [0.2, 0.25) is 5.02 Å². The second kappa shape index (κ2) is 12.8. The number of hydrogen-bond donors (Lipinski definition) is 2. The average Bonchev–Trinajstić information content (AvgIpc) is 3.35. The number of carbonyl (C=O) groups is 2. The van der Waals surface area contributed by atoms with E-state index < -0.39 is 0 Å². The summed E-state index contributed by atoms with van der Waals surface area (Å²) in [6, 6.07) is 13.5. The van der Waals surface area contributed by atoms with Crippen molar-refractivity contribution in [3.63, 3.8) is 0 Å². The molecule has 0 fully saturated rings. The van der Waals surface area contributed by atoms with E-state index in [2.05, 4.69) is 10.4 Å². The number of fused-ring (bicyclic) bond motifs is 1. The highest BCUT2D eigenvalue weighted by Gasteiger charge is 2.06. The summed E-state index contributed by atoms with van der Waals surface area (Å²) in [6.45, 7) is 4.04. The van der Waals surface area contributed by atoms with Gasteiger partial charge in [-0.25, -0.2) is 4.98 Å². The lowest BCUT2D eigenvalue weighted by Crippen LogP contribution is -1.83. The van der Waals surface area contributed by atoms with Crippen LogP contribution in [0.25, 0.3) is 21.3 Å². The van der Waals surface area contributed by atoms with Crippen molar-refractivity contribution in [1.82, 2.24) is 4.98 Å². The molecular formula is C21H21ClN2O3S2. The first-order valence-corrected chi connectivity index (χ1v) is 10.3. The van der Waals surface area contributed by atoms with Crippen molar-refractivity contribution in [1.29, 1.82) is 0 Å². The number of thiophene rings is 2. The molecule has 3 N–H and O–H groups in total. The molecule has 3 aromatic heterocycles. The summed E-state index contributed by atoms with van der Waals surface area (Å²) in [7, 11) is 1.00. The molecule has 3 heterocycles. The maximum atomic E-state index is 10.4. The summed E-state index contributed by atoms with van der Waals surface area (Å²) in [5.41, 5.74) is 9.32. The first-order chi connectivity index (χ1) is 14.1. The average molecular weight is 449 g/mol. The Labute approximate surface area is 182 Å². The van der Waals surface area contributed by atoms with Gasteiger partial charge in [0.25, 0.3) is 0 Å². The normalized spacial score (nSPS) is 9.24. The number of carbonyl (C=O) groups excluding carboxylic acids is 2. The molecule has 0 saturated carbocycles. The lowest BCUT2D eigenvalue weighted by atomic mass is 10.1. The Bertz CT molecular complexity index is 997. The highest BCUT2D eigenvalue weighted by Crippen LogP contribution is 2.33. The monoisotopic (exact) mass is 448 g/mol. The number of nitrogen functional groups attached to an aromatic ring is 1. The van der Waals surface area contributed by atoms with E-state index in [0.29, 0.717) is 0 Å². The van der Waals surface area contributed by atoms with Crippen LogP contribution in [0.15, 0.2) is 54.0 Å². The Morgan fingerprint density at radius 2 is 1.83 bits per heavy atom. The molecular weight excluding hydrogens is 428 g/mol. The zero-order valence-corrected chi connectivity index (χ0v) is 18.4. The molecule has 4 rings (SSSR count). The van der Waals surface area contributed by atoms with Crippen LogP contribution < -0.4 is 5.73 Å². The van der Waals surface area contributed by atoms with Crippen LogP contribution in [-0.4, -0.2) is 30.3 Å². The third kappa shape index (κ3) is 6.76. The first kappa shape index (κ1) is 24.5. The minimum Gasteiger partial charge on any atom is -0.400 e. The molecule has 1 aromatic carbocycles. The molecule has 0 aliphatic rings. The third-order valence-electron chi connectivity index (χ3n) is 3.66. The summed E-state index contributed by atoms with van der Waals surface area (Å²) in [4.78, 5) is 24.1. The highest BCUT2D eigenvalue weighted by molar-refractivity contribution is 7.20. The summed E-state index contributed by atoms with van der Waals surface area (Å²) in [6.07, 6.45) is 2.58. The number of hydrogen-bond acceptors (Lipinski definition) is 7. The van der Waals surface area contributed by atoms with Crippen molar-refractivity contribution in [2.75, 3.05) is 12.8 Å². The van der Waals surface area contributed by atoms with E-state index in [1.54, 1.807) is 17.5 Å². The molecule has 0 aliphatic heterocycles. The number of halogens is 1. The van der Waals surface area contributed by atoms with Gasteiger partial charge in [0.05, 0.1) is 9.88 Å². The number of rotatable bonds is 2. The van der Waals surface area contributed by atoms with Gasteiger partial charge in [-0.15, -0.1) is 22.7 Å². The van der Waals surface area contributed by atoms with Crippen molar-refractivity contribution in [3.05, 3.63) is 69.5 Å². The molecule has 0 spiro atoms. The molecule has 0 saturated heterocycles. The summed E-state index contributed by atoms with van der Waals surface area (Å²) < 4.78 is 0. The summed E-state index contributed by atoms with van der Waals surface area (Å²) in [5.74, 6) is 0. The molecule has 0 amide bonds. The first-order valence-electron chi connectivity index (χ1n) is 8.21. The lowest BCUT2D eigenvalue weighted by molar-refractivity contribution is -0.0980. The largest absolute Gasteiger partial charge is 0.400 e. The number of benzene rings is 1. The van der Waals surface area contributed by atoms with Crippen LogP contribution in [0.1, 0.15) is 15.2 Å². The number of nitrogens with two attached hydrogens (primary N) is 1. The molecule has 4 aromatic rings. The third-order valence-corrected chi connectivity index (χ3v) is 5.81. The SMILES string of the molecule is C=O.CO.Cc1c(-c2ccc(Cl)cc2)csc1N.O=Cc1cc2cccnc2s1. The Morgan fingerprint density at radius 3 is 2.34 bits per heavy atom. The maximum Gasteiger partial charge on any atom is 0.160 e. The van der Waals surface area contributed by atoms with Gasteiger partial charge >= 0.3 is 0 Å². The van der Waals surface area contributed by atoms with Gasteiger partial charge in [-0.2, -0.15) is 0 Å². The summed E-state index contributed by atoms with van der Waals surface area (Å²) in [5, 5.41) is 11.8. The van der Waals surface area contributed by atoms with E-state index >= 15 is 0 Å². The van der Waals surface area contributed by atoms with Crippen LogP contribution in [0.5, 0.6) is 0 Å². The van der Waals surface area contributed by atoms with Crippen molar-refractivity contribution in [2.24, 2.45) is 0 Å². The van der Waals surface area contributed by atoms with Gasteiger partial charge in [-0.05, 0) is 47.9 Å². The number of aliphatic hydroxyl groups excluding tert-OH is 1. The van der Waals surface area contributed by atoms with E-state index in [4.69, 9.17) is 27.2 Å². The standard InChI is InChI=1S/C11H10ClNS.C8H5NOS.CH4O.CH2O/c1-7-10(6-14-11(7)13)8-2-4-9(12)5-3-8;10-5-7-4-6-2-1-3-9-8(6)11-7;2*1-2/h2-6H,13H2,1H3;1-5H;2H,1H3;1H2. The quantitative estimate of drug-likeness (QED) is 0.395. The molecule has 8 heteroatoms. The summed E-state index contributed by atoms with van der Waals surface area (Å²) >= 11 is 8.81. The number of aromatic nitrogens is 1. The minimum atomic E-state index is 0.735. The molecule has 0 atom stereocenters. The fourth-order valence-corrected chi connectivity index (χ4v) is 4.08. The van der Waals surface area contributed by atoms with Crippen LogP contribution in [-0.2, 0) is 4.79 Å². The van der Waals surface area contributed by atoms with Gasteiger partial charge < -0.3 is 15.6 Å². The van der Waals surface area contributed by atoms with Crippen LogP contribution in [0.4, 0.5) is 5.00 Å². The van der Waals surface area contributed by atoms with Gasteiger partial charge in [0.1, 0.15) is 11.6 Å². The molecule has 29 heavy (non-hydrogen) atoms. The van der Waals surface area contributed by atoms with Gasteiger partial charge in [-0.3, -0.25) is 4.79 Å². The van der Waals surface area contributed by atoms with Crippen LogP contribution in [0.3, 0.4) is 0 Å². The van der Waals surface area contributed by atoms with Gasteiger partial charge in [0, 0.05) is 29.1 Å². The number of anilines is 1. The molecule has 0 bridgehead atoms. The number of aliphatic hydroxyl groups is 1. The predicted octanol–water partition coefficient (Wildman–Crippen LogP) is 5.49. The molecule has 0 aliphatic carbocycles. The Morgan fingerprint density at radius 1 is 1.17 bits per heavy atom. The smallest absolute Gasteiger partial charge is 0.160 e. The van der Waals surface area contributed by atoms with Crippen molar-refractivity contribution in [3.8, 4) is 11.1 Å². The number of nitrogens with zero attached hydrogens (tertiary/aromatic N) is 1. The van der Waals surface area contributed by atoms with Crippen molar-refractivity contribution < 1.29 is 14.7 Å². The molecule has 0 unspecified atom stereocenters. The Kier molecular flexibility index (Phi) is 10.8. The maximum absolute atomic E-state index is 10.4. The zero-order valence-electron chi connectivity index (χ0n) is 16.0. The van der Waals surface area contributed by atoms with Gasteiger partial charge in [-0.1, -0.05) is 29.8 Å². The molecule has 0 radical (unpaired) electrons. The van der Waals surface area contributed by atoms with E-state index in [1.807, 2.05) is 56.2 Å². The highest BCUT2D eigenvalue weighted by atomic mass is 35.5. The van der Waals surface area contributed by atoms with E-state index in [9.17, 15) is 4.79 Å². The lowest BCUT2D eigenvalue weighted by Gasteiger charge is -2.00. The van der Waals surface area contributed by atoms with Crippen molar-refractivity contribution >= 4 is 62.6 Å². The second-order valence-corrected chi connectivity index (χ2v) is 7.72. The van der Waals surface area contributed by atoms with Crippen LogP contribution in [0, 0.1) is 6.92 Å². The predicted molar refractivity (Wildman–Crippen MR) is 124 cm³/mol. The zero-order chi connectivity index (χ0) is 21.8. The van der Waals surface area contributed by atoms with Gasteiger partial charge in [0.2, 0.25) is 0 Å². The topological polar surface area (TPSA) is 93.3 Å². The Balaban J connectivity index is 0.000000252. The number of aldehydes is 1. The fraction of sp³-hybridized carbons (Fsp3) is 0.0952. The number of pyridine rings is 1. The molecule has 5 nitrogen and oxygen atoms in total. The minimum absolute atomic E-state index is 0.735.